The summed E-state index contributed by atoms with van der Waals surface area (Å²) in [7, 11) is 0. The minimum atomic E-state index is -0.621. The van der Waals surface area contributed by atoms with E-state index < -0.39 is 5.60 Å². The number of nitrogens with zero attached hydrogens (tertiary/aromatic N) is 2. The first-order valence-electron chi connectivity index (χ1n) is 14.3. The van der Waals surface area contributed by atoms with Gasteiger partial charge >= 0.3 is 0 Å². The molecule has 0 radical (unpaired) electrons. The third-order valence-electron chi connectivity index (χ3n) is 7.83. The Bertz CT molecular complexity index is 1770. The Morgan fingerprint density at radius 3 is 2.39 bits per heavy atom. The van der Waals surface area contributed by atoms with Crippen molar-refractivity contribution in [1.29, 1.82) is 5.26 Å². The zero-order valence-electron chi connectivity index (χ0n) is 23.8. The molecule has 1 saturated heterocycles. The molecular formula is C35H29Cl2N3O2S2. The smallest absolute Gasteiger partial charge is 0.250 e. The second-order valence-corrected chi connectivity index (χ2v) is 13.8. The first-order chi connectivity index (χ1) is 21.4. The van der Waals surface area contributed by atoms with Gasteiger partial charge in [-0.15, -0.1) is 22.7 Å². The molecule has 0 unspecified atom stereocenters. The fourth-order valence-corrected chi connectivity index (χ4v) is 8.00. The van der Waals surface area contributed by atoms with Crippen LogP contribution in [0.3, 0.4) is 0 Å². The van der Waals surface area contributed by atoms with Crippen molar-refractivity contribution in [2.45, 2.75) is 25.0 Å². The lowest BCUT2D eigenvalue weighted by Crippen LogP contribution is -2.45. The van der Waals surface area contributed by atoms with E-state index >= 15 is 0 Å². The normalized spacial score (nSPS) is 14.7. The Kier molecular flexibility index (Phi) is 9.48. The zero-order valence-corrected chi connectivity index (χ0v) is 26.9. The largest absolute Gasteiger partial charge is 0.360 e. The minimum Gasteiger partial charge on any atom is -0.360 e. The summed E-state index contributed by atoms with van der Waals surface area (Å²) in [6.45, 7) is 2.45. The molecule has 5 nitrogen and oxygen atoms in total. The van der Waals surface area contributed by atoms with Gasteiger partial charge in [-0.1, -0.05) is 65.7 Å². The van der Waals surface area contributed by atoms with Crippen LogP contribution in [0.2, 0.25) is 10.0 Å². The summed E-state index contributed by atoms with van der Waals surface area (Å²) in [4.78, 5) is 19.4. The van der Waals surface area contributed by atoms with Crippen LogP contribution in [0.5, 0.6) is 0 Å². The summed E-state index contributed by atoms with van der Waals surface area (Å²) in [5, 5.41) is 15.2. The molecule has 1 aliphatic rings. The predicted molar refractivity (Wildman–Crippen MR) is 181 cm³/mol. The van der Waals surface area contributed by atoms with Crippen LogP contribution < -0.4 is 5.32 Å². The highest BCUT2D eigenvalue weighted by molar-refractivity contribution is 7.21. The average Bonchev–Trinajstić information content (AvgIpc) is 3.73. The molecule has 1 amide bonds. The monoisotopic (exact) mass is 657 g/mol. The lowest BCUT2D eigenvalue weighted by atomic mass is 9.83. The third kappa shape index (κ3) is 7.24. The molecule has 3 heterocycles. The number of anilines is 1. The van der Waals surface area contributed by atoms with Gasteiger partial charge in [0.2, 0.25) is 5.91 Å². The Hall–Kier alpha value is -3.48. The molecule has 1 N–H and O–H groups in total. The molecule has 3 aromatic carbocycles. The standard InChI is InChI=1S/C35H29Cl2N3O2S2/c36-28-18-29(37)20-30(19-28)39-34(41)23-42-35(27-8-6-25(7-9-27)26-4-1-3-24(17-26)21-38)12-14-40(15-13-35)22-31-10-11-33(44-31)32-5-2-16-43-32/h1-11,16-20H,12-15,22-23H2,(H,39,41). The SMILES string of the molecule is N#Cc1cccc(-c2ccc(C3(OCC(=O)Nc4cc(Cl)cc(Cl)c4)CCN(Cc4ccc(-c5cccs5)s4)CC3)cc2)c1. The molecule has 44 heavy (non-hydrogen) atoms. The molecule has 1 aliphatic heterocycles. The lowest BCUT2D eigenvalue weighted by molar-refractivity contribution is -0.135. The van der Waals surface area contributed by atoms with E-state index in [9.17, 15) is 10.1 Å². The van der Waals surface area contributed by atoms with Crippen LogP contribution in [0.25, 0.3) is 20.9 Å². The number of hydrogen-bond donors (Lipinski definition) is 1. The molecular weight excluding hydrogens is 629 g/mol. The number of benzene rings is 3. The summed E-state index contributed by atoms with van der Waals surface area (Å²) in [6.07, 6.45) is 1.49. The quantitative estimate of drug-likeness (QED) is 0.171. The highest BCUT2D eigenvalue weighted by Gasteiger charge is 2.38. The second-order valence-electron chi connectivity index (χ2n) is 10.8. The van der Waals surface area contributed by atoms with Gasteiger partial charge in [-0.3, -0.25) is 9.69 Å². The molecule has 222 valence electrons. The van der Waals surface area contributed by atoms with E-state index in [2.05, 4.69) is 70.2 Å². The molecule has 1 fully saturated rings. The van der Waals surface area contributed by atoms with Gasteiger partial charge in [-0.25, -0.2) is 0 Å². The van der Waals surface area contributed by atoms with E-state index in [4.69, 9.17) is 27.9 Å². The molecule has 0 aliphatic carbocycles. The van der Waals surface area contributed by atoms with Gasteiger partial charge in [-0.2, -0.15) is 5.26 Å². The highest BCUT2D eigenvalue weighted by Crippen LogP contribution is 2.39. The number of likely N-dealkylation sites (tertiary alicyclic amines) is 1. The van der Waals surface area contributed by atoms with Crippen molar-refractivity contribution in [2.75, 3.05) is 25.0 Å². The molecule has 0 saturated carbocycles. The molecule has 0 spiro atoms. The van der Waals surface area contributed by atoms with Crippen LogP contribution in [0.1, 0.15) is 28.8 Å². The number of carbonyl (C=O) groups excluding carboxylic acids is 1. The van der Waals surface area contributed by atoms with Crippen LogP contribution in [-0.2, 0) is 21.7 Å². The topological polar surface area (TPSA) is 65.4 Å². The number of nitrogens with one attached hydrogen (secondary N) is 1. The number of ether oxygens (including phenoxy) is 1. The maximum absolute atomic E-state index is 13.0. The molecule has 6 rings (SSSR count). The maximum Gasteiger partial charge on any atom is 0.250 e. The van der Waals surface area contributed by atoms with Gasteiger partial charge in [0.25, 0.3) is 0 Å². The Balaban J connectivity index is 1.18. The van der Waals surface area contributed by atoms with Gasteiger partial charge in [0.1, 0.15) is 6.61 Å². The molecule has 9 heteroatoms. The number of amides is 1. The summed E-state index contributed by atoms with van der Waals surface area (Å²) in [5.41, 5.74) is 3.57. The Labute approximate surface area is 275 Å². The van der Waals surface area contributed by atoms with Crippen molar-refractivity contribution in [3.05, 3.63) is 122 Å². The van der Waals surface area contributed by atoms with Crippen molar-refractivity contribution in [1.82, 2.24) is 4.90 Å². The number of carbonyl (C=O) groups is 1. The second kappa shape index (κ2) is 13.7. The van der Waals surface area contributed by atoms with Gasteiger partial charge < -0.3 is 10.1 Å². The van der Waals surface area contributed by atoms with Crippen LogP contribution >= 0.6 is 45.9 Å². The number of halogens is 2. The van der Waals surface area contributed by atoms with Crippen LogP contribution in [0, 0.1) is 11.3 Å². The first kappa shape index (κ1) is 30.5. The van der Waals surface area contributed by atoms with Crippen LogP contribution in [0.4, 0.5) is 5.69 Å². The van der Waals surface area contributed by atoms with E-state index in [-0.39, 0.29) is 12.5 Å². The van der Waals surface area contributed by atoms with Gasteiger partial charge in [0.05, 0.1) is 17.2 Å². The van der Waals surface area contributed by atoms with Gasteiger partial charge in [0, 0.05) is 50.0 Å². The summed E-state index contributed by atoms with van der Waals surface area (Å²) >= 11 is 15.9. The minimum absolute atomic E-state index is 0.106. The van der Waals surface area contributed by atoms with Crippen molar-refractivity contribution >= 4 is 57.5 Å². The fraction of sp³-hybridized carbons (Fsp3) is 0.200. The van der Waals surface area contributed by atoms with E-state index in [1.54, 1.807) is 35.6 Å². The Morgan fingerprint density at radius 2 is 1.68 bits per heavy atom. The lowest BCUT2D eigenvalue weighted by Gasteiger charge is -2.42. The van der Waals surface area contributed by atoms with Crippen LogP contribution in [0.15, 0.2) is 96.4 Å². The van der Waals surface area contributed by atoms with Gasteiger partial charge in [-0.05, 0) is 83.4 Å². The predicted octanol–water partition coefficient (Wildman–Crippen LogP) is 9.47. The molecule has 5 aromatic rings. The van der Waals surface area contributed by atoms with Crippen LogP contribution in [-0.4, -0.2) is 30.5 Å². The van der Waals surface area contributed by atoms with Gasteiger partial charge in [0.15, 0.2) is 0 Å². The number of rotatable bonds is 9. The van der Waals surface area contributed by atoms with Crippen molar-refractivity contribution < 1.29 is 9.53 Å². The zero-order chi connectivity index (χ0) is 30.5. The van der Waals surface area contributed by atoms with Crippen molar-refractivity contribution in [2.24, 2.45) is 0 Å². The van der Waals surface area contributed by atoms with Crippen molar-refractivity contribution in [3.63, 3.8) is 0 Å². The van der Waals surface area contributed by atoms with E-state index in [0.29, 0.717) is 21.3 Å². The average molecular weight is 659 g/mol. The first-order valence-corrected chi connectivity index (χ1v) is 16.7. The number of thiophene rings is 2. The summed E-state index contributed by atoms with van der Waals surface area (Å²) in [6, 6.07) is 31.7. The number of piperidine rings is 1. The van der Waals surface area contributed by atoms with E-state index in [0.717, 1.165) is 49.2 Å². The summed E-state index contributed by atoms with van der Waals surface area (Å²) in [5.74, 6) is -0.269. The molecule has 2 aromatic heterocycles. The van der Waals surface area contributed by atoms with E-state index in [1.807, 2.05) is 29.5 Å². The number of nitriles is 1. The molecule has 0 bridgehead atoms. The van der Waals surface area contributed by atoms with E-state index in [1.165, 1.54) is 14.6 Å². The van der Waals surface area contributed by atoms with Crippen molar-refractivity contribution in [3.8, 4) is 27.0 Å². The summed E-state index contributed by atoms with van der Waals surface area (Å²) < 4.78 is 6.54. The third-order valence-corrected chi connectivity index (χ3v) is 10.4. The maximum atomic E-state index is 13.0. The highest BCUT2D eigenvalue weighted by atomic mass is 35.5. The fourth-order valence-electron chi connectivity index (χ4n) is 5.58. The Morgan fingerprint density at radius 1 is 0.909 bits per heavy atom. The molecule has 0 atom stereocenters. The number of hydrogen-bond acceptors (Lipinski definition) is 6.